The summed E-state index contributed by atoms with van der Waals surface area (Å²) in [6.45, 7) is 10.7. The third kappa shape index (κ3) is 10.9. The maximum atomic E-state index is 11.9. The molecule has 474 valence electrons. The van der Waals surface area contributed by atoms with E-state index in [1.807, 2.05) is 23.5 Å². The van der Waals surface area contributed by atoms with Crippen LogP contribution >= 0.6 is 23.5 Å². The van der Waals surface area contributed by atoms with Gasteiger partial charge in [0.25, 0.3) is 0 Å². The van der Waals surface area contributed by atoms with Crippen molar-refractivity contribution in [3.05, 3.63) is 320 Å². The van der Waals surface area contributed by atoms with Gasteiger partial charge in [-0.15, -0.1) is 0 Å². The smallest absolute Gasteiger partial charge is 0.119 e. The molecule has 0 bridgehead atoms. The maximum absolute atomic E-state index is 11.9. The van der Waals surface area contributed by atoms with Crippen molar-refractivity contribution in [1.82, 2.24) is 0 Å². The van der Waals surface area contributed by atoms with Crippen molar-refractivity contribution in [2.45, 2.75) is 130 Å². The molecule has 10 aromatic rings. The molecule has 2 fully saturated rings. The predicted octanol–water partition coefficient (Wildman–Crippen LogP) is 19.7. The Morgan fingerprint density at radius 3 is 1.24 bits per heavy atom. The SMILES string of the molecule is CCC(CC)(OCC(O)COc1ccc(C2(c3ccc(C(CC)(CC)OCC4CS4)cc3)CC(c3ccccc3)c3cc4c(cc32)Cc2ccccc2-4)cc1)c1ccc(C2(c3ccc(OCC4CS4)cc3)CC(c3ccccc3)c3cc4c(cc32)Cc2ccccc2-4)cc1. The summed E-state index contributed by atoms with van der Waals surface area (Å²) >= 11 is 3.96. The van der Waals surface area contributed by atoms with Gasteiger partial charge in [0.05, 0.1) is 24.4 Å². The molecule has 1 N–H and O–H groups in total. The lowest BCUT2D eigenvalue weighted by Gasteiger charge is -2.36. The molecular weight excluding hydrogens is 1190 g/mol. The van der Waals surface area contributed by atoms with Crippen molar-refractivity contribution in [3.8, 4) is 33.8 Å². The van der Waals surface area contributed by atoms with Crippen molar-refractivity contribution < 1.29 is 24.1 Å². The summed E-state index contributed by atoms with van der Waals surface area (Å²) in [6, 6.07) is 87.2. The van der Waals surface area contributed by atoms with Gasteiger partial charge in [-0.3, -0.25) is 0 Å². The quantitative estimate of drug-likeness (QED) is 0.0605. The predicted molar refractivity (Wildman–Crippen MR) is 387 cm³/mol. The Morgan fingerprint density at radius 2 is 0.809 bits per heavy atom. The molecule has 0 radical (unpaired) electrons. The lowest BCUT2D eigenvalue weighted by atomic mass is 9.69. The van der Waals surface area contributed by atoms with Gasteiger partial charge in [-0.2, -0.15) is 23.5 Å². The van der Waals surface area contributed by atoms with E-state index in [1.54, 1.807) is 0 Å². The van der Waals surface area contributed by atoms with Crippen LogP contribution in [-0.4, -0.2) is 59.6 Å². The lowest BCUT2D eigenvalue weighted by Crippen LogP contribution is -2.34. The summed E-state index contributed by atoms with van der Waals surface area (Å²) in [5.41, 5.74) is 24.8. The van der Waals surface area contributed by atoms with Crippen LogP contribution in [0, 0.1) is 0 Å². The minimum Gasteiger partial charge on any atom is -0.492 e. The molecule has 0 saturated carbocycles. The Bertz CT molecular complexity index is 4360. The van der Waals surface area contributed by atoms with Crippen LogP contribution in [0.25, 0.3) is 22.3 Å². The Kier molecular flexibility index (Phi) is 16.4. The Morgan fingerprint density at radius 1 is 0.415 bits per heavy atom. The first kappa shape index (κ1) is 61.3. The van der Waals surface area contributed by atoms with Crippen LogP contribution < -0.4 is 9.47 Å². The van der Waals surface area contributed by atoms with E-state index >= 15 is 0 Å². The molecule has 2 heterocycles. The number of aliphatic hydroxyl groups is 1. The molecular formula is C87H84O5S2. The number of fused-ring (bicyclic) bond motifs is 8. The zero-order valence-corrected chi connectivity index (χ0v) is 56.3. The number of ether oxygens (including phenoxy) is 4. The fraction of sp³-hybridized carbons (Fsp3) is 0.310. The summed E-state index contributed by atoms with van der Waals surface area (Å²) in [6.07, 6.45) is 6.12. The topological polar surface area (TPSA) is 57.2 Å². The minimum atomic E-state index is -0.859. The van der Waals surface area contributed by atoms with Crippen molar-refractivity contribution in [2.24, 2.45) is 0 Å². The third-order valence-corrected chi connectivity index (χ3v) is 24.5. The van der Waals surface area contributed by atoms with Crippen LogP contribution in [0.4, 0.5) is 0 Å². The number of thioether (sulfide) groups is 2. The van der Waals surface area contributed by atoms with Gasteiger partial charge in [0.15, 0.2) is 0 Å². The second kappa shape index (κ2) is 25.2. The van der Waals surface area contributed by atoms with E-state index in [-0.39, 0.29) is 30.7 Å². The highest BCUT2D eigenvalue weighted by Gasteiger charge is 2.50. The van der Waals surface area contributed by atoms with E-state index in [4.69, 9.17) is 18.9 Å². The standard InChI is InChI=1S/C87H84O5S2/c1-5-84(6-2,63-27-31-65(32-28-63)87(68-37-41-71(42-38-68)90-53-72-55-93-72)50-81(58-21-13-10-14-22-58)79-48-77-62(46-83(79)87)44-60-24-16-18-26-75(60)77)91-52-69(88)51-89-70-39-35-67(36-40-70)86(66-33-29-64(30-34-66)85(7-3,8-4)92-54-73-56-94-73)49-80(57-19-11-9-12-20-57)78-47-76-61(45-82(78)86)43-59-23-15-17-25-74(59)76/h9-42,45-48,69,72-73,80-81,88H,5-8,43-44,49-56H2,1-4H3. The third-order valence-electron chi connectivity index (χ3n) is 22.6. The molecule has 0 aromatic heterocycles. The molecule has 94 heavy (non-hydrogen) atoms. The first-order chi connectivity index (χ1) is 46.1. The van der Waals surface area contributed by atoms with Gasteiger partial charge >= 0.3 is 0 Å². The van der Waals surface area contributed by atoms with Crippen LogP contribution in [0.15, 0.2) is 231 Å². The molecule has 2 aliphatic heterocycles. The first-order valence-electron chi connectivity index (χ1n) is 34.6. The highest BCUT2D eigenvalue weighted by molar-refractivity contribution is 8.07. The molecule has 10 aromatic carbocycles. The van der Waals surface area contributed by atoms with Gasteiger partial charge in [0, 0.05) is 44.7 Å². The summed E-state index contributed by atoms with van der Waals surface area (Å²) in [5.74, 6) is 4.37. The molecule has 7 atom stereocenters. The largest absolute Gasteiger partial charge is 0.492 e. The number of hydrogen-bond acceptors (Lipinski definition) is 7. The van der Waals surface area contributed by atoms with E-state index in [0.717, 1.165) is 81.6 Å². The molecule has 7 heteroatoms. The molecule has 7 unspecified atom stereocenters. The molecule has 0 spiro atoms. The van der Waals surface area contributed by atoms with Crippen LogP contribution in [0.2, 0.25) is 0 Å². The summed E-state index contributed by atoms with van der Waals surface area (Å²) in [5, 5.41) is 13.1. The van der Waals surface area contributed by atoms with Crippen LogP contribution in [-0.2, 0) is 44.3 Å². The van der Waals surface area contributed by atoms with E-state index in [1.165, 1.54) is 117 Å². The average Bonchev–Trinajstić information content (AvgIpc) is 1.54. The number of hydrogen-bond donors (Lipinski definition) is 1. The molecule has 0 amide bonds. The van der Waals surface area contributed by atoms with Crippen molar-refractivity contribution in [1.29, 1.82) is 0 Å². The van der Waals surface area contributed by atoms with E-state index in [2.05, 4.69) is 258 Å². The minimum absolute atomic E-state index is 0.0980. The fourth-order valence-corrected chi connectivity index (χ4v) is 17.9. The second-order valence-electron chi connectivity index (χ2n) is 27.4. The molecule has 5 nitrogen and oxygen atoms in total. The highest BCUT2D eigenvalue weighted by atomic mass is 32.2. The van der Waals surface area contributed by atoms with Gasteiger partial charge in [-0.25, -0.2) is 0 Å². The summed E-state index contributed by atoms with van der Waals surface area (Å²) in [7, 11) is 0. The van der Waals surface area contributed by atoms with Gasteiger partial charge in [-0.05, 0) is 199 Å². The zero-order valence-electron chi connectivity index (χ0n) is 54.6. The van der Waals surface area contributed by atoms with Crippen molar-refractivity contribution >= 4 is 23.5 Å². The Labute approximate surface area is 564 Å². The molecule has 16 rings (SSSR count). The van der Waals surface area contributed by atoms with Crippen LogP contribution in [0.5, 0.6) is 11.5 Å². The Balaban J connectivity index is 0.681. The van der Waals surface area contributed by atoms with Gasteiger partial charge in [0.1, 0.15) is 30.8 Å². The second-order valence-corrected chi connectivity index (χ2v) is 30.1. The van der Waals surface area contributed by atoms with Crippen molar-refractivity contribution in [2.75, 3.05) is 37.9 Å². The van der Waals surface area contributed by atoms with Gasteiger partial charge in [-0.1, -0.05) is 222 Å². The molecule has 2 saturated heterocycles. The lowest BCUT2D eigenvalue weighted by molar-refractivity contribution is -0.0961. The monoisotopic (exact) mass is 1270 g/mol. The summed E-state index contributed by atoms with van der Waals surface area (Å²) in [4.78, 5) is 0. The first-order valence-corrected chi connectivity index (χ1v) is 36.7. The normalized spacial score (nSPS) is 21.4. The average molecular weight is 1270 g/mol. The van der Waals surface area contributed by atoms with Crippen LogP contribution in [0.3, 0.4) is 0 Å². The van der Waals surface area contributed by atoms with E-state index < -0.39 is 22.5 Å². The van der Waals surface area contributed by atoms with Crippen LogP contribution in [0.1, 0.15) is 167 Å². The van der Waals surface area contributed by atoms with E-state index in [0.29, 0.717) is 10.5 Å². The maximum Gasteiger partial charge on any atom is 0.119 e. The zero-order chi connectivity index (χ0) is 63.6. The van der Waals surface area contributed by atoms with E-state index in [9.17, 15) is 5.11 Å². The number of aliphatic hydroxyl groups excluding tert-OH is 1. The molecule has 6 aliphatic rings. The fourth-order valence-electron chi connectivity index (χ4n) is 17.1. The van der Waals surface area contributed by atoms with Crippen molar-refractivity contribution in [3.63, 3.8) is 0 Å². The van der Waals surface area contributed by atoms with Gasteiger partial charge in [0.2, 0.25) is 0 Å². The number of rotatable bonds is 24. The summed E-state index contributed by atoms with van der Waals surface area (Å²) < 4.78 is 26.8. The highest BCUT2D eigenvalue weighted by Crippen LogP contribution is 2.60. The Hall–Kier alpha value is -7.62. The van der Waals surface area contributed by atoms with Gasteiger partial charge < -0.3 is 24.1 Å². The molecule has 4 aliphatic carbocycles. The number of benzene rings is 10.